The predicted molar refractivity (Wildman–Crippen MR) is 95.2 cm³/mol. The predicted octanol–water partition coefficient (Wildman–Crippen LogP) is 3.44. The Balaban J connectivity index is 1.81. The monoisotopic (exact) mass is 369 g/mol. The molecule has 0 unspecified atom stereocenters. The van der Waals surface area contributed by atoms with Crippen LogP contribution in [0.15, 0.2) is 48.6 Å². The second-order valence-corrected chi connectivity index (χ2v) is 6.90. The summed E-state index contributed by atoms with van der Waals surface area (Å²) in [5, 5.41) is 26.2. The average Bonchev–Trinajstić information content (AvgIpc) is 3.11. The molecule has 7 heteroatoms. The highest BCUT2D eigenvalue weighted by atomic mass is 35.5. The van der Waals surface area contributed by atoms with E-state index in [2.05, 4.69) is 5.32 Å². The summed E-state index contributed by atoms with van der Waals surface area (Å²) in [6.45, 7) is 0. The number of nitrogens with zero attached hydrogens (tertiary/aromatic N) is 1. The van der Waals surface area contributed by atoms with Gasteiger partial charge >= 0.3 is 0 Å². The van der Waals surface area contributed by atoms with E-state index in [0.717, 1.165) is 12.0 Å². The first-order chi connectivity index (χ1) is 12.5. The molecule has 1 heterocycles. The van der Waals surface area contributed by atoms with Crippen LogP contribution in [0.25, 0.3) is 0 Å². The van der Waals surface area contributed by atoms with E-state index in [4.69, 9.17) is 11.6 Å². The molecule has 2 aromatic carbocycles. The summed E-state index contributed by atoms with van der Waals surface area (Å²) < 4.78 is 0. The molecule has 0 saturated carbocycles. The first-order valence-corrected chi connectivity index (χ1v) is 8.56. The molecule has 0 bridgehead atoms. The van der Waals surface area contributed by atoms with Crippen LogP contribution in [0.3, 0.4) is 0 Å². The Bertz CT molecular complexity index is 939. The van der Waals surface area contributed by atoms with Gasteiger partial charge in [-0.25, -0.2) is 0 Å². The molecule has 0 spiro atoms. The summed E-state index contributed by atoms with van der Waals surface area (Å²) in [5.41, 5.74) is 2.26. The molecular weight excluding hydrogens is 356 g/mol. The van der Waals surface area contributed by atoms with E-state index in [-0.39, 0.29) is 34.1 Å². The van der Waals surface area contributed by atoms with Crippen molar-refractivity contribution in [2.75, 3.05) is 5.32 Å². The number of fused-ring (bicyclic) bond motifs is 3. The molecule has 4 rings (SSSR count). The summed E-state index contributed by atoms with van der Waals surface area (Å²) in [7, 11) is 0. The second-order valence-electron chi connectivity index (χ2n) is 6.50. The van der Waals surface area contributed by atoms with Crippen LogP contribution in [0, 0.1) is 16.0 Å². The molecule has 2 aliphatic rings. The van der Waals surface area contributed by atoms with E-state index >= 15 is 0 Å². The van der Waals surface area contributed by atoms with Gasteiger partial charge in [0.2, 0.25) is 0 Å². The van der Waals surface area contributed by atoms with Crippen molar-refractivity contribution in [2.45, 2.75) is 18.4 Å². The van der Waals surface area contributed by atoms with Crippen molar-refractivity contribution in [3.8, 4) is 0 Å². The number of nitro groups is 1. The summed E-state index contributed by atoms with van der Waals surface area (Å²) in [6.07, 6.45) is 4.79. The van der Waals surface area contributed by atoms with E-state index in [9.17, 15) is 20.0 Å². The normalized spacial score (nSPS) is 23.0. The highest BCUT2D eigenvalue weighted by molar-refractivity contribution is 6.33. The van der Waals surface area contributed by atoms with Gasteiger partial charge in [-0.15, -0.1) is 0 Å². The van der Waals surface area contributed by atoms with Crippen molar-refractivity contribution in [3.05, 3.63) is 80.4 Å². The van der Waals surface area contributed by atoms with E-state index in [1.807, 2.05) is 12.2 Å². The first kappa shape index (κ1) is 16.6. The van der Waals surface area contributed by atoms with E-state index in [0.29, 0.717) is 16.3 Å². The van der Waals surface area contributed by atoms with Crippen LogP contribution in [0.1, 0.15) is 39.9 Å². The van der Waals surface area contributed by atoms with Gasteiger partial charge in [0.25, 0.3) is 5.69 Å². The van der Waals surface area contributed by atoms with Crippen molar-refractivity contribution in [1.29, 1.82) is 0 Å². The number of anilines is 1. The van der Waals surface area contributed by atoms with Gasteiger partial charge in [-0.3, -0.25) is 10.1 Å². The van der Waals surface area contributed by atoms with Gasteiger partial charge in [-0.05, 0) is 29.5 Å². The molecule has 0 saturated heterocycles. The molecule has 0 fully saturated rings. The molecule has 6 nitrogen and oxygen atoms in total. The van der Waals surface area contributed by atoms with Gasteiger partial charge in [-0.1, -0.05) is 48.0 Å². The van der Waals surface area contributed by atoms with Crippen molar-refractivity contribution in [3.63, 3.8) is 0 Å². The van der Waals surface area contributed by atoms with Crippen LogP contribution in [-0.2, 0) is 0 Å². The number of carbonyl (C=O) groups excluding carboxylic acids is 1. The third-order valence-corrected chi connectivity index (χ3v) is 5.46. The number of hydrogen-bond acceptors (Lipinski definition) is 5. The minimum Gasteiger partial charge on any atom is -0.545 e. The zero-order valence-corrected chi connectivity index (χ0v) is 14.3. The van der Waals surface area contributed by atoms with Gasteiger partial charge in [0.15, 0.2) is 0 Å². The van der Waals surface area contributed by atoms with E-state index in [1.54, 1.807) is 12.1 Å². The molecule has 1 aliphatic carbocycles. The maximum atomic E-state index is 11.5. The number of nitro benzene ring substituents is 1. The number of carbonyl (C=O) groups is 1. The SMILES string of the molecule is O=C([O-])c1ccc([C@H]2Nc3c(Cl)ccc([N+](=O)[O-])c3[C@@H]3C=CC[C@H]23)cc1. The third kappa shape index (κ3) is 2.54. The van der Waals surface area contributed by atoms with Crippen LogP contribution in [0.4, 0.5) is 11.4 Å². The van der Waals surface area contributed by atoms with Crippen LogP contribution < -0.4 is 10.4 Å². The smallest absolute Gasteiger partial charge is 0.275 e. The number of nitrogens with one attached hydrogen (secondary N) is 1. The molecular formula is C19H14ClN2O4-. The molecule has 3 atom stereocenters. The Labute approximate surface area is 154 Å². The average molecular weight is 370 g/mol. The largest absolute Gasteiger partial charge is 0.545 e. The maximum absolute atomic E-state index is 11.5. The second kappa shape index (κ2) is 6.14. The van der Waals surface area contributed by atoms with Crippen molar-refractivity contribution < 1.29 is 14.8 Å². The minimum absolute atomic E-state index is 0.0594. The fourth-order valence-corrected chi connectivity index (χ4v) is 4.19. The van der Waals surface area contributed by atoms with Crippen molar-refractivity contribution in [1.82, 2.24) is 0 Å². The number of carboxylic acid groups (broad SMARTS) is 1. The van der Waals surface area contributed by atoms with Gasteiger partial charge < -0.3 is 15.2 Å². The van der Waals surface area contributed by atoms with Crippen LogP contribution >= 0.6 is 11.6 Å². The quantitative estimate of drug-likeness (QED) is 0.508. The Morgan fingerprint density at radius 1 is 1.19 bits per heavy atom. The van der Waals surface area contributed by atoms with Crippen LogP contribution in [0.2, 0.25) is 5.02 Å². The lowest BCUT2D eigenvalue weighted by Crippen LogP contribution is -2.30. The molecule has 0 aromatic heterocycles. The summed E-state index contributed by atoms with van der Waals surface area (Å²) >= 11 is 6.33. The number of benzene rings is 2. The fourth-order valence-electron chi connectivity index (χ4n) is 3.97. The van der Waals surface area contributed by atoms with Gasteiger partial charge in [0.05, 0.1) is 33.2 Å². The molecule has 132 valence electrons. The Kier molecular flexibility index (Phi) is 3.92. The van der Waals surface area contributed by atoms with Gasteiger partial charge in [-0.2, -0.15) is 0 Å². The van der Waals surface area contributed by atoms with E-state index < -0.39 is 5.97 Å². The van der Waals surface area contributed by atoms with Gasteiger partial charge in [0.1, 0.15) is 0 Å². The third-order valence-electron chi connectivity index (χ3n) is 5.15. The maximum Gasteiger partial charge on any atom is 0.275 e. The fraction of sp³-hybridized carbons (Fsp3) is 0.211. The zero-order chi connectivity index (χ0) is 18.4. The zero-order valence-electron chi connectivity index (χ0n) is 13.5. The summed E-state index contributed by atoms with van der Waals surface area (Å²) in [6, 6.07) is 9.35. The first-order valence-electron chi connectivity index (χ1n) is 8.18. The lowest BCUT2D eigenvalue weighted by Gasteiger charge is -2.37. The molecule has 0 amide bonds. The highest BCUT2D eigenvalue weighted by Gasteiger charge is 2.42. The molecule has 1 N–H and O–H groups in total. The molecule has 0 radical (unpaired) electrons. The van der Waals surface area contributed by atoms with Crippen LogP contribution in [0.5, 0.6) is 0 Å². The highest BCUT2D eigenvalue weighted by Crippen LogP contribution is 2.54. The number of halogens is 1. The number of rotatable bonds is 3. The number of hydrogen-bond donors (Lipinski definition) is 1. The van der Waals surface area contributed by atoms with Crippen LogP contribution in [-0.4, -0.2) is 10.9 Å². The van der Waals surface area contributed by atoms with Crippen molar-refractivity contribution >= 4 is 28.9 Å². The molecule has 1 aliphatic heterocycles. The summed E-state index contributed by atoms with van der Waals surface area (Å²) in [5.74, 6) is -1.25. The van der Waals surface area contributed by atoms with E-state index in [1.165, 1.54) is 24.3 Å². The number of allylic oxidation sites excluding steroid dienone is 2. The molecule has 2 aromatic rings. The van der Waals surface area contributed by atoms with Crippen molar-refractivity contribution in [2.24, 2.45) is 5.92 Å². The Hall–Kier alpha value is -2.86. The lowest BCUT2D eigenvalue weighted by molar-refractivity contribution is -0.385. The van der Waals surface area contributed by atoms with Gasteiger partial charge in [0, 0.05) is 12.0 Å². The molecule has 26 heavy (non-hydrogen) atoms. The number of carboxylic acids is 1. The summed E-state index contributed by atoms with van der Waals surface area (Å²) in [4.78, 5) is 22.1. The number of aromatic carboxylic acids is 1. The lowest BCUT2D eigenvalue weighted by atomic mass is 9.76. The topological polar surface area (TPSA) is 95.3 Å². The minimum atomic E-state index is -1.22. The Morgan fingerprint density at radius 2 is 1.92 bits per heavy atom. The Morgan fingerprint density at radius 3 is 2.58 bits per heavy atom. The standard InChI is InChI=1S/C19H15ClN2O4/c20-14-8-9-15(22(25)26)16-12-2-1-3-13(12)17(21-18(14)16)10-4-6-11(7-5-10)19(23)24/h1-2,4-9,12-13,17,21H,3H2,(H,23,24)/p-1/t12-,13+,17-/m1/s1.